The first-order valence-corrected chi connectivity index (χ1v) is 11.7. The van der Waals surface area contributed by atoms with Crippen molar-refractivity contribution in [3.8, 4) is 46.2 Å². The smallest absolute Gasteiger partial charge is 0.244 e. The van der Waals surface area contributed by atoms with Crippen LogP contribution in [0, 0.1) is 17.1 Å². The van der Waals surface area contributed by atoms with Gasteiger partial charge in [-0.2, -0.15) is 5.26 Å². The maximum Gasteiger partial charge on any atom is 0.244 e. The summed E-state index contributed by atoms with van der Waals surface area (Å²) in [7, 11) is 1.53. The van der Waals surface area contributed by atoms with Crippen molar-refractivity contribution in [3.05, 3.63) is 94.6 Å². The standard InChI is InChI=1S/C28H21FN4O5/c1-34-21-4-2-3-18(26(21)35-13-15-5-8-17(29)9-6-15)23-19(12-30)27(31)38-28-24(23)25(32-33-28)16-7-10-20-22(11-16)37-14-36-20/h2-11,23H,13-14,31H2,1H3,(H,32,33)/t23-/m1/s1. The lowest BCUT2D eigenvalue weighted by atomic mass is 9.82. The Labute approximate surface area is 216 Å². The van der Waals surface area contributed by atoms with E-state index < -0.39 is 5.92 Å². The first kappa shape index (κ1) is 23.2. The van der Waals surface area contributed by atoms with Crippen molar-refractivity contribution < 1.29 is 28.1 Å². The molecule has 0 saturated heterocycles. The highest BCUT2D eigenvalue weighted by Crippen LogP contribution is 2.50. The number of hydrogen-bond acceptors (Lipinski definition) is 8. The summed E-state index contributed by atoms with van der Waals surface area (Å²) in [5, 5.41) is 17.5. The molecule has 3 N–H and O–H groups in total. The zero-order valence-electron chi connectivity index (χ0n) is 20.2. The van der Waals surface area contributed by atoms with E-state index in [-0.39, 0.29) is 36.6 Å². The molecule has 3 heterocycles. The molecule has 190 valence electrons. The monoisotopic (exact) mass is 512 g/mol. The maximum atomic E-state index is 13.4. The molecule has 2 aliphatic heterocycles. The normalized spacial score (nSPS) is 15.4. The number of nitrogens with two attached hydrogens (primary N) is 1. The molecule has 0 aliphatic carbocycles. The number of nitrogens with one attached hydrogen (secondary N) is 1. The van der Waals surface area contributed by atoms with Gasteiger partial charge >= 0.3 is 0 Å². The van der Waals surface area contributed by atoms with E-state index in [1.54, 1.807) is 24.3 Å². The quantitative estimate of drug-likeness (QED) is 0.379. The van der Waals surface area contributed by atoms with Gasteiger partial charge in [0.15, 0.2) is 23.0 Å². The number of methoxy groups -OCH3 is 1. The Kier molecular flexibility index (Phi) is 5.73. The average molecular weight is 512 g/mol. The van der Waals surface area contributed by atoms with E-state index in [4.69, 9.17) is 29.4 Å². The number of nitrogens with zero attached hydrogens (tertiary/aromatic N) is 2. The zero-order chi connectivity index (χ0) is 26.2. The van der Waals surface area contributed by atoms with Gasteiger partial charge in [-0.3, -0.25) is 5.10 Å². The van der Waals surface area contributed by atoms with Gasteiger partial charge in [0.05, 0.1) is 24.3 Å². The van der Waals surface area contributed by atoms with Crippen molar-refractivity contribution in [2.45, 2.75) is 12.5 Å². The molecule has 38 heavy (non-hydrogen) atoms. The number of allylic oxidation sites excluding steroid dienone is 1. The van der Waals surface area contributed by atoms with Gasteiger partial charge in [0.25, 0.3) is 0 Å². The molecule has 10 heteroatoms. The third-order valence-electron chi connectivity index (χ3n) is 6.44. The van der Waals surface area contributed by atoms with Gasteiger partial charge in [-0.05, 0) is 42.0 Å². The Bertz CT molecular complexity index is 1610. The number of hydrogen-bond donors (Lipinski definition) is 2. The van der Waals surface area contributed by atoms with Crippen molar-refractivity contribution in [1.29, 1.82) is 5.26 Å². The molecule has 0 saturated carbocycles. The van der Waals surface area contributed by atoms with Gasteiger partial charge in [0.2, 0.25) is 18.6 Å². The Morgan fingerprint density at radius 3 is 2.74 bits per heavy atom. The number of rotatable bonds is 6. The summed E-state index contributed by atoms with van der Waals surface area (Å²) in [4.78, 5) is 0. The highest BCUT2D eigenvalue weighted by atomic mass is 19.1. The molecule has 6 rings (SSSR count). The first-order chi connectivity index (χ1) is 18.6. The molecule has 1 aromatic heterocycles. The number of aromatic amines is 1. The number of benzene rings is 3. The number of halogens is 1. The lowest BCUT2D eigenvalue weighted by Crippen LogP contribution is -2.21. The molecule has 0 amide bonds. The van der Waals surface area contributed by atoms with Gasteiger partial charge in [0, 0.05) is 11.1 Å². The molecular weight excluding hydrogens is 491 g/mol. The van der Waals surface area contributed by atoms with Crippen LogP contribution in [0.3, 0.4) is 0 Å². The summed E-state index contributed by atoms with van der Waals surface area (Å²) >= 11 is 0. The van der Waals surface area contributed by atoms with E-state index in [2.05, 4.69) is 16.3 Å². The van der Waals surface area contributed by atoms with Crippen LogP contribution in [0.25, 0.3) is 11.3 Å². The number of H-pyrrole nitrogens is 1. The van der Waals surface area contributed by atoms with Crippen LogP contribution in [-0.4, -0.2) is 24.1 Å². The second-order valence-corrected chi connectivity index (χ2v) is 8.60. The molecule has 2 aliphatic rings. The average Bonchev–Trinajstić information content (AvgIpc) is 3.58. The first-order valence-electron chi connectivity index (χ1n) is 11.7. The largest absolute Gasteiger partial charge is 0.493 e. The number of fused-ring (bicyclic) bond motifs is 2. The molecule has 3 aromatic carbocycles. The third kappa shape index (κ3) is 3.90. The molecule has 9 nitrogen and oxygen atoms in total. The summed E-state index contributed by atoms with van der Waals surface area (Å²) in [5.74, 6) is 1.27. The summed E-state index contributed by atoms with van der Waals surface area (Å²) < 4.78 is 42.0. The summed E-state index contributed by atoms with van der Waals surface area (Å²) in [5.41, 5.74) is 9.75. The Morgan fingerprint density at radius 1 is 1.13 bits per heavy atom. The summed E-state index contributed by atoms with van der Waals surface area (Å²) in [6.07, 6.45) is 0. The van der Waals surface area contributed by atoms with E-state index in [1.807, 2.05) is 24.3 Å². The minimum Gasteiger partial charge on any atom is -0.493 e. The SMILES string of the molecule is COc1cccc([C@@H]2C(C#N)=C(N)Oc3n[nH]c(-c4ccc5c(c4)OCO5)c32)c1OCc1ccc(F)cc1. The van der Waals surface area contributed by atoms with Crippen LogP contribution >= 0.6 is 0 Å². The summed E-state index contributed by atoms with van der Waals surface area (Å²) in [6, 6.07) is 19.1. The maximum absolute atomic E-state index is 13.4. The van der Waals surface area contributed by atoms with Crippen molar-refractivity contribution in [2.24, 2.45) is 5.73 Å². The second-order valence-electron chi connectivity index (χ2n) is 8.60. The van der Waals surface area contributed by atoms with Crippen LogP contribution in [0.5, 0.6) is 28.9 Å². The predicted molar refractivity (Wildman–Crippen MR) is 133 cm³/mol. The highest BCUT2D eigenvalue weighted by Gasteiger charge is 2.38. The molecule has 4 aromatic rings. The minimum atomic E-state index is -0.693. The minimum absolute atomic E-state index is 0.0546. The van der Waals surface area contributed by atoms with E-state index in [9.17, 15) is 9.65 Å². The lowest BCUT2D eigenvalue weighted by Gasteiger charge is -2.26. The van der Waals surface area contributed by atoms with Gasteiger partial charge in [0.1, 0.15) is 24.1 Å². The summed E-state index contributed by atoms with van der Waals surface area (Å²) in [6.45, 7) is 0.285. The van der Waals surface area contributed by atoms with Crippen LogP contribution in [0.1, 0.15) is 22.6 Å². The molecule has 0 bridgehead atoms. The molecule has 0 radical (unpaired) electrons. The predicted octanol–water partition coefficient (Wildman–Crippen LogP) is 4.75. The van der Waals surface area contributed by atoms with E-state index >= 15 is 0 Å². The number of ether oxygens (including phenoxy) is 5. The third-order valence-corrected chi connectivity index (χ3v) is 6.44. The van der Waals surface area contributed by atoms with Crippen LogP contribution < -0.4 is 29.4 Å². The lowest BCUT2D eigenvalue weighted by molar-refractivity contribution is 0.174. The van der Waals surface area contributed by atoms with Crippen LogP contribution in [0.15, 0.2) is 72.1 Å². The van der Waals surface area contributed by atoms with Crippen LogP contribution in [0.4, 0.5) is 4.39 Å². The zero-order valence-corrected chi connectivity index (χ0v) is 20.2. The molecule has 1 atom stereocenters. The van der Waals surface area contributed by atoms with Crippen molar-refractivity contribution in [1.82, 2.24) is 10.2 Å². The number of para-hydroxylation sites is 1. The van der Waals surface area contributed by atoms with E-state index in [0.717, 1.165) is 11.1 Å². The fourth-order valence-corrected chi connectivity index (χ4v) is 4.64. The van der Waals surface area contributed by atoms with E-state index in [1.165, 1.54) is 19.2 Å². The van der Waals surface area contributed by atoms with Gasteiger partial charge in [-0.25, -0.2) is 4.39 Å². The Morgan fingerprint density at radius 2 is 1.95 bits per heavy atom. The fraction of sp³-hybridized carbons (Fsp3) is 0.143. The van der Waals surface area contributed by atoms with Crippen LogP contribution in [-0.2, 0) is 6.61 Å². The van der Waals surface area contributed by atoms with Crippen molar-refractivity contribution in [2.75, 3.05) is 13.9 Å². The number of aromatic nitrogens is 2. The molecule has 0 spiro atoms. The van der Waals surface area contributed by atoms with Gasteiger partial charge in [-0.15, -0.1) is 5.10 Å². The van der Waals surface area contributed by atoms with Crippen LogP contribution in [0.2, 0.25) is 0 Å². The Hall–Kier alpha value is -5.17. The molecular formula is C28H21FN4O5. The van der Waals surface area contributed by atoms with Crippen molar-refractivity contribution in [3.63, 3.8) is 0 Å². The molecule has 0 unspecified atom stereocenters. The van der Waals surface area contributed by atoms with E-state index in [0.29, 0.717) is 39.8 Å². The van der Waals surface area contributed by atoms with Crippen molar-refractivity contribution >= 4 is 0 Å². The topological polar surface area (TPSA) is 125 Å². The van der Waals surface area contributed by atoms with Gasteiger partial charge in [-0.1, -0.05) is 24.3 Å². The fourth-order valence-electron chi connectivity index (χ4n) is 4.64. The highest BCUT2D eigenvalue weighted by molar-refractivity contribution is 5.74. The second kappa shape index (κ2) is 9.37. The van der Waals surface area contributed by atoms with Gasteiger partial charge < -0.3 is 29.4 Å². The Balaban J connectivity index is 1.49. The number of nitriles is 1. The molecule has 0 fully saturated rings.